The molecular formula is C41H43F3N6O6. The summed E-state index contributed by atoms with van der Waals surface area (Å²) in [6, 6.07) is 4.97. The number of carbonyl (C=O) groups excluding carboxylic acids is 1. The van der Waals surface area contributed by atoms with Crippen molar-refractivity contribution in [3.05, 3.63) is 41.5 Å². The number of fused-ring (bicyclic) bond motifs is 7. The maximum atomic E-state index is 17.5. The monoisotopic (exact) mass is 772 g/mol. The van der Waals surface area contributed by atoms with Crippen LogP contribution in [0.3, 0.4) is 0 Å². The Kier molecular flexibility index (Phi) is 8.85. The molecule has 0 saturated carbocycles. The van der Waals surface area contributed by atoms with Gasteiger partial charge in [0.15, 0.2) is 12.6 Å². The van der Waals surface area contributed by atoms with E-state index in [4.69, 9.17) is 40.1 Å². The second-order valence-corrected chi connectivity index (χ2v) is 16.4. The van der Waals surface area contributed by atoms with E-state index in [1.165, 1.54) is 25.3 Å². The molecule has 294 valence electrons. The quantitative estimate of drug-likeness (QED) is 0.154. The Morgan fingerprint density at radius 1 is 1.09 bits per heavy atom. The maximum absolute atomic E-state index is 17.5. The predicted molar refractivity (Wildman–Crippen MR) is 201 cm³/mol. The summed E-state index contributed by atoms with van der Waals surface area (Å²) in [5.41, 5.74) is -1.46. The number of aromatic nitrogens is 3. The fourth-order valence-corrected chi connectivity index (χ4v) is 9.50. The van der Waals surface area contributed by atoms with E-state index in [9.17, 15) is 9.18 Å². The van der Waals surface area contributed by atoms with E-state index in [0.717, 1.165) is 25.8 Å². The number of alkyl halides is 1. The van der Waals surface area contributed by atoms with Crippen molar-refractivity contribution < 1.29 is 41.7 Å². The zero-order valence-corrected chi connectivity index (χ0v) is 31.7. The first-order chi connectivity index (χ1) is 26.9. The molecule has 2 aromatic carbocycles. The number of nitrogens with zero attached hydrogens (tertiary/aromatic N) is 6. The van der Waals surface area contributed by atoms with E-state index in [0.29, 0.717) is 42.9 Å². The minimum absolute atomic E-state index is 0.0543. The molecule has 4 saturated heterocycles. The van der Waals surface area contributed by atoms with Crippen LogP contribution in [0, 0.1) is 24.0 Å². The molecule has 0 radical (unpaired) electrons. The lowest BCUT2D eigenvalue weighted by Crippen LogP contribution is -2.63. The molecule has 2 bridgehead atoms. The zero-order valence-electron chi connectivity index (χ0n) is 31.7. The number of rotatable bonds is 7. The average molecular weight is 773 g/mol. The standard InChI is InChI=1S/C41H43F3N6O6/c1-6-26-28(43)10-8-22-14-25(55-21-52-5)15-27(31(22)26)34-33(44)35-32-36(47-38(46-35)54-20-41-12-7-13-48(41)17-23(42)16-41)49-18-24-9-11-29(30(49)19-53-37(32)45-34)50(24)39(51)56-40(2,3)4/h1,8,10,14-15,23-24,29-30H,7,9,11-13,16-21H2,2-5H3/t23-,24+,29-,30+,41+/m0/s1. The van der Waals surface area contributed by atoms with Gasteiger partial charge in [0.1, 0.15) is 59.0 Å². The molecule has 7 heterocycles. The van der Waals surface area contributed by atoms with Gasteiger partial charge in [-0.3, -0.25) is 9.80 Å². The second-order valence-electron chi connectivity index (χ2n) is 16.4. The van der Waals surface area contributed by atoms with Crippen molar-refractivity contribution in [2.75, 3.05) is 51.7 Å². The molecule has 4 aromatic rings. The van der Waals surface area contributed by atoms with Gasteiger partial charge in [0.25, 0.3) is 0 Å². The van der Waals surface area contributed by atoms with E-state index < -0.39 is 41.1 Å². The molecular weight excluding hydrogens is 729 g/mol. The highest BCUT2D eigenvalue weighted by atomic mass is 19.1. The van der Waals surface area contributed by atoms with Gasteiger partial charge in [0.2, 0.25) is 5.88 Å². The number of benzene rings is 2. The number of halogens is 3. The van der Waals surface area contributed by atoms with Crippen molar-refractivity contribution in [1.82, 2.24) is 24.8 Å². The molecule has 2 aromatic heterocycles. The van der Waals surface area contributed by atoms with Crippen molar-refractivity contribution >= 4 is 33.6 Å². The van der Waals surface area contributed by atoms with Gasteiger partial charge in [-0.2, -0.15) is 9.97 Å². The molecule has 0 unspecified atom stereocenters. The smallest absolute Gasteiger partial charge is 0.410 e. The van der Waals surface area contributed by atoms with Crippen molar-refractivity contribution in [3.63, 3.8) is 0 Å². The first-order valence-electron chi connectivity index (χ1n) is 19.1. The average Bonchev–Trinajstić information content (AvgIpc) is 3.76. The molecule has 5 aliphatic rings. The minimum Gasteiger partial charge on any atom is -0.475 e. The van der Waals surface area contributed by atoms with Gasteiger partial charge in [-0.1, -0.05) is 12.0 Å². The van der Waals surface area contributed by atoms with Crippen LogP contribution in [-0.4, -0.2) is 113 Å². The lowest BCUT2D eigenvalue weighted by atomic mass is 9.95. The Hall–Kier alpha value is -5.07. The number of terminal acetylenes is 1. The maximum Gasteiger partial charge on any atom is 0.410 e. The molecule has 0 spiro atoms. The number of anilines is 1. The number of ether oxygens (including phenoxy) is 5. The van der Waals surface area contributed by atoms with Crippen LogP contribution in [0.15, 0.2) is 24.3 Å². The van der Waals surface area contributed by atoms with Crippen LogP contribution in [0.5, 0.6) is 17.6 Å². The van der Waals surface area contributed by atoms with Crippen LogP contribution >= 0.6 is 0 Å². The topological polar surface area (TPSA) is 112 Å². The number of hydrogen-bond acceptors (Lipinski definition) is 11. The molecule has 1 amide bonds. The summed E-state index contributed by atoms with van der Waals surface area (Å²) >= 11 is 0. The third kappa shape index (κ3) is 6.00. The van der Waals surface area contributed by atoms with Crippen LogP contribution in [0.25, 0.3) is 32.9 Å². The molecule has 12 nitrogen and oxygen atoms in total. The second kappa shape index (κ2) is 13.5. The number of hydrogen-bond donors (Lipinski definition) is 0. The molecule has 9 rings (SSSR count). The Balaban J connectivity index is 1.21. The van der Waals surface area contributed by atoms with E-state index >= 15 is 8.78 Å². The normalized spacial score (nSPS) is 25.5. The highest BCUT2D eigenvalue weighted by Crippen LogP contribution is 2.47. The lowest BCUT2D eigenvalue weighted by molar-refractivity contribution is 0.00537. The van der Waals surface area contributed by atoms with Crippen LogP contribution in [0.4, 0.5) is 23.8 Å². The van der Waals surface area contributed by atoms with Crippen LogP contribution in [0.2, 0.25) is 0 Å². The molecule has 15 heteroatoms. The van der Waals surface area contributed by atoms with E-state index in [1.807, 2.05) is 25.7 Å². The van der Waals surface area contributed by atoms with Crippen LogP contribution in [-0.2, 0) is 9.47 Å². The van der Waals surface area contributed by atoms with Gasteiger partial charge in [0, 0.05) is 37.6 Å². The van der Waals surface area contributed by atoms with Gasteiger partial charge in [-0.15, -0.1) is 6.42 Å². The predicted octanol–water partition coefficient (Wildman–Crippen LogP) is 6.39. The first-order valence-corrected chi connectivity index (χ1v) is 19.1. The Morgan fingerprint density at radius 3 is 2.71 bits per heavy atom. The van der Waals surface area contributed by atoms with Crippen molar-refractivity contribution in [1.29, 1.82) is 0 Å². The molecule has 0 N–H and O–H groups in total. The Morgan fingerprint density at radius 2 is 1.93 bits per heavy atom. The lowest BCUT2D eigenvalue weighted by Gasteiger charge is -2.46. The highest BCUT2D eigenvalue weighted by Gasteiger charge is 2.52. The van der Waals surface area contributed by atoms with Crippen LogP contribution < -0.4 is 19.1 Å². The molecule has 5 atom stereocenters. The summed E-state index contributed by atoms with van der Waals surface area (Å²) in [6.45, 7) is 7.07. The Labute approximate surface area is 322 Å². The summed E-state index contributed by atoms with van der Waals surface area (Å²) < 4.78 is 77.2. The van der Waals surface area contributed by atoms with Gasteiger partial charge >= 0.3 is 12.1 Å². The third-order valence-corrected chi connectivity index (χ3v) is 11.8. The Bertz CT molecular complexity index is 2300. The largest absolute Gasteiger partial charge is 0.475 e. The zero-order chi connectivity index (χ0) is 39.1. The van der Waals surface area contributed by atoms with Gasteiger partial charge in [-0.05, 0) is 76.6 Å². The molecule has 0 aliphatic carbocycles. The number of carbonyl (C=O) groups is 1. The number of pyridine rings is 1. The SMILES string of the molecule is C#Cc1c(F)ccc2cc(OCOC)cc(-c3nc4c5c(nc(OC[C@]67CCCN6C[C@@H](F)C7)nc5c3F)N3C[C@H]5CC[C@@H]([C@H]3CO4)N5C(=O)OC(C)(C)C)c12. The summed E-state index contributed by atoms with van der Waals surface area (Å²) in [4.78, 5) is 33.9. The van der Waals surface area contributed by atoms with Crippen molar-refractivity contribution in [2.45, 2.75) is 88.3 Å². The fraction of sp³-hybridized carbons (Fsp3) is 0.512. The number of methoxy groups -OCH3 is 1. The van der Waals surface area contributed by atoms with Gasteiger partial charge in [-0.25, -0.2) is 22.9 Å². The third-order valence-electron chi connectivity index (χ3n) is 11.8. The first kappa shape index (κ1) is 36.6. The van der Waals surface area contributed by atoms with Gasteiger partial charge in [0.05, 0.1) is 29.2 Å². The molecule has 5 aliphatic heterocycles. The van der Waals surface area contributed by atoms with Crippen molar-refractivity contribution in [3.8, 4) is 41.2 Å². The summed E-state index contributed by atoms with van der Waals surface area (Å²) in [5.74, 6) is 1.65. The van der Waals surface area contributed by atoms with Gasteiger partial charge < -0.3 is 28.6 Å². The van der Waals surface area contributed by atoms with Crippen molar-refractivity contribution in [2.24, 2.45) is 0 Å². The summed E-state index contributed by atoms with van der Waals surface area (Å²) in [5, 5.41) is 0.970. The number of amides is 1. The fourth-order valence-electron chi connectivity index (χ4n) is 9.50. The highest BCUT2D eigenvalue weighted by molar-refractivity contribution is 6.04. The molecule has 56 heavy (non-hydrogen) atoms. The van der Waals surface area contributed by atoms with E-state index in [1.54, 1.807) is 11.0 Å². The van der Waals surface area contributed by atoms with E-state index in [2.05, 4.69) is 15.8 Å². The number of piperazine rings is 1. The van der Waals surface area contributed by atoms with Crippen LogP contribution in [0.1, 0.15) is 58.4 Å². The van der Waals surface area contributed by atoms with E-state index in [-0.39, 0.29) is 77.1 Å². The summed E-state index contributed by atoms with van der Waals surface area (Å²) in [6.07, 6.45) is 7.89. The minimum atomic E-state index is -0.972. The summed E-state index contributed by atoms with van der Waals surface area (Å²) in [7, 11) is 1.47. The molecule has 4 fully saturated rings.